The first-order valence-corrected chi connectivity index (χ1v) is 9.55. The molecule has 2 N–H and O–H groups in total. The number of benzene rings is 1. The number of hydrogen-bond donors (Lipinski definition) is 1. The van der Waals surface area contributed by atoms with Crippen molar-refractivity contribution in [2.75, 3.05) is 0 Å². The lowest BCUT2D eigenvalue weighted by molar-refractivity contribution is 0.952. The molecule has 0 radical (unpaired) electrons. The molecule has 1 unspecified atom stereocenters. The number of fused-ring (bicyclic) bond motifs is 2. The maximum Gasteiger partial charge on any atom is 0.143 e. The summed E-state index contributed by atoms with van der Waals surface area (Å²) in [6.45, 7) is 2.14. The maximum atomic E-state index is 5.36. The van der Waals surface area contributed by atoms with E-state index in [2.05, 4.69) is 30.1 Å². The molecule has 0 saturated carbocycles. The summed E-state index contributed by atoms with van der Waals surface area (Å²) in [4.78, 5) is 13.9. The molecule has 1 atom stereocenters. The van der Waals surface area contributed by atoms with Gasteiger partial charge in [0, 0.05) is 12.1 Å². The molecule has 1 aromatic carbocycles. The monoisotopic (exact) mass is 364 g/mol. The zero-order valence-corrected chi connectivity index (χ0v) is 15.2. The van der Waals surface area contributed by atoms with Gasteiger partial charge in [-0.2, -0.15) is 0 Å². The Bertz CT molecular complexity index is 1030. The third-order valence-electron chi connectivity index (χ3n) is 3.81. The summed E-state index contributed by atoms with van der Waals surface area (Å²) < 4.78 is 2.30. The van der Waals surface area contributed by atoms with Crippen LogP contribution in [0.2, 0.25) is 0 Å². The van der Waals surface area contributed by atoms with Crippen molar-refractivity contribution in [1.82, 2.24) is 15.0 Å². The van der Waals surface area contributed by atoms with Crippen LogP contribution in [0, 0.1) is 0 Å². The molecule has 0 amide bonds. The van der Waals surface area contributed by atoms with Crippen LogP contribution in [0.4, 0.5) is 0 Å². The molecule has 3 heterocycles. The van der Waals surface area contributed by atoms with Crippen LogP contribution in [-0.4, -0.2) is 15.0 Å². The molecule has 0 aliphatic heterocycles. The van der Waals surface area contributed by atoms with Crippen molar-refractivity contribution in [1.29, 1.82) is 0 Å². The molecule has 0 fully saturated rings. The molecule has 0 aliphatic rings. The van der Waals surface area contributed by atoms with Crippen molar-refractivity contribution < 1.29 is 0 Å². The van der Waals surface area contributed by atoms with Gasteiger partial charge in [0.2, 0.25) is 0 Å². The summed E-state index contributed by atoms with van der Waals surface area (Å²) in [5.74, 6) is 0.253. The van der Waals surface area contributed by atoms with E-state index in [4.69, 9.17) is 15.7 Å². The fourth-order valence-electron chi connectivity index (χ4n) is 2.54. The first-order valence-electron chi connectivity index (χ1n) is 7.92. The SMILES string of the molecule is CC(/C=C\C=C/N)c1nc2cc3sc(-c4ccccn4)nc3cc2s1. The predicted molar refractivity (Wildman–Crippen MR) is 107 cm³/mol. The fraction of sp³-hybridized carbons (Fsp3) is 0.105. The molecule has 0 aliphatic carbocycles. The van der Waals surface area contributed by atoms with Crippen molar-refractivity contribution in [3.63, 3.8) is 0 Å². The highest BCUT2D eigenvalue weighted by Crippen LogP contribution is 2.35. The Labute approximate surface area is 153 Å². The van der Waals surface area contributed by atoms with Crippen molar-refractivity contribution in [3.05, 3.63) is 66.0 Å². The topological polar surface area (TPSA) is 64.7 Å². The van der Waals surface area contributed by atoms with E-state index in [-0.39, 0.29) is 5.92 Å². The molecule has 6 heteroatoms. The number of aromatic nitrogens is 3. The number of nitrogens with zero attached hydrogens (tertiary/aromatic N) is 3. The minimum Gasteiger partial charge on any atom is -0.405 e. The van der Waals surface area contributed by atoms with Gasteiger partial charge in [0.15, 0.2) is 0 Å². The second-order valence-corrected chi connectivity index (χ2v) is 7.73. The van der Waals surface area contributed by atoms with E-state index in [9.17, 15) is 0 Å². The zero-order valence-electron chi connectivity index (χ0n) is 13.6. The van der Waals surface area contributed by atoms with E-state index < -0.39 is 0 Å². The van der Waals surface area contributed by atoms with Crippen LogP contribution in [0.15, 0.2) is 61.0 Å². The highest BCUT2D eigenvalue weighted by atomic mass is 32.1. The molecule has 3 aromatic heterocycles. The smallest absolute Gasteiger partial charge is 0.143 e. The molecule has 0 spiro atoms. The van der Waals surface area contributed by atoms with Gasteiger partial charge in [-0.25, -0.2) is 9.97 Å². The summed E-state index contributed by atoms with van der Waals surface area (Å²) in [6.07, 6.45) is 9.20. The second kappa shape index (κ2) is 6.74. The normalized spacial score (nSPS) is 13.5. The van der Waals surface area contributed by atoms with Gasteiger partial charge in [0.1, 0.15) is 10.0 Å². The number of allylic oxidation sites excluding steroid dienone is 3. The Hall–Kier alpha value is -2.57. The molecular formula is C19H16N4S2. The van der Waals surface area contributed by atoms with Crippen LogP contribution in [-0.2, 0) is 0 Å². The van der Waals surface area contributed by atoms with Gasteiger partial charge in [-0.1, -0.05) is 25.1 Å². The van der Waals surface area contributed by atoms with E-state index in [1.165, 1.54) is 6.20 Å². The number of pyridine rings is 1. The van der Waals surface area contributed by atoms with Crippen LogP contribution < -0.4 is 5.73 Å². The molecule has 4 aromatic rings. The maximum absolute atomic E-state index is 5.36. The quantitative estimate of drug-likeness (QED) is 0.512. The van der Waals surface area contributed by atoms with Crippen LogP contribution in [0.3, 0.4) is 0 Å². The second-order valence-electron chi connectivity index (χ2n) is 5.63. The lowest BCUT2D eigenvalue weighted by Gasteiger charge is -1.98. The molecule has 25 heavy (non-hydrogen) atoms. The van der Waals surface area contributed by atoms with E-state index >= 15 is 0 Å². The van der Waals surface area contributed by atoms with Crippen LogP contribution in [0.5, 0.6) is 0 Å². The molecule has 4 nitrogen and oxygen atoms in total. The van der Waals surface area contributed by atoms with Crippen molar-refractivity contribution in [2.45, 2.75) is 12.8 Å². The Morgan fingerprint density at radius 1 is 1.04 bits per heavy atom. The van der Waals surface area contributed by atoms with Gasteiger partial charge in [-0.05, 0) is 36.5 Å². The highest BCUT2D eigenvalue weighted by molar-refractivity contribution is 7.22. The van der Waals surface area contributed by atoms with Crippen LogP contribution in [0.25, 0.3) is 31.1 Å². The van der Waals surface area contributed by atoms with Crippen molar-refractivity contribution in [2.24, 2.45) is 5.73 Å². The number of rotatable bonds is 4. The molecule has 0 saturated heterocycles. The molecule has 0 bridgehead atoms. The van der Waals surface area contributed by atoms with Gasteiger partial charge in [0.25, 0.3) is 0 Å². The molecule has 4 rings (SSSR count). The average Bonchev–Trinajstić information content (AvgIpc) is 3.23. The third kappa shape index (κ3) is 3.18. The molecular weight excluding hydrogens is 348 g/mol. The van der Waals surface area contributed by atoms with Gasteiger partial charge < -0.3 is 5.73 Å². The van der Waals surface area contributed by atoms with Gasteiger partial charge >= 0.3 is 0 Å². The van der Waals surface area contributed by atoms with Gasteiger partial charge in [-0.15, -0.1) is 22.7 Å². The third-order valence-corrected chi connectivity index (χ3v) is 6.07. The zero-order chi connectivity index (χ0) is 17.2. The Morgan fingerprint density at radius 2 is 1.84 bits per heavy atom. The lowest BCUT2D eigenvalue weighted by Crippen LogP contribution is -1.86. The standard InChI is InChI=1S/C19H16N4S2/c1-12(6-2-4-8-20)18-22-14-10-17-15(11-16(14)24-18)23-19(25-17)13-7-3-5-9-21-13/h2-12H,20H2,1H3/b6-2-,8-4-. The Morgan fingerprint density at radius 3 is 2.60 bits per heavy atom. The number of nitrogens with two attached hydrogens (primary N) is 1. The number of hydrogen-bond acceptors (Lipinski definition) is 6. The van der Waals surface area contributed by atoms with Crippen LogP contribution in [0.1, 0.15) is 17.8 Å². The van der Waals surface area contributed by atoms with E-state index in [0.717, 1.165) is 36.1 Å². The first kappa shape index (κ1) is 15.9. The lowest BCUT2D eigenvalue weighted by atomic mass is 10.2. The first-order chi connectivity index (χ1) is 12.2. The predicted octanol–water partition coefficient (Wildman–Crippen LogP) is 5.10. The Balaban J connectivity index is 1.72. The summed E-state index contributed by atoms with van der Waals surface area (Å²) in [5, 5.41) is 2.04. The van der Waals surface area contributed by atoms with E-state index in [0.29, 0.717) is 0 Å². The molecule has 124 valence electrons. The average molecular weight is 364 g/mol. The summed E-state index contributed by atoms with van der Waals surface area (Å²) in [5.41, 5.74) is 8.30. The summed E-state index contributed by atoms with van der Waals surface area (Å²) >= 11 is 3.37. The highest BCUT2D eigenvalue weighted by Gasteiger charge is 2.13. The summed E-state index contributed by atoms with van der Waals surface area (Å²) in [6, 6.07) is 10.1. The number of thiazole rings is 2. The van der Waals surface area contributed by atoms with Gasteiger partial charge in [-0.3, -0.25) is 4.98 Å². The van der Waals surface area contributed by atoms with E-state index in [1.54, 1.807) is 28.9 Å². The van der Waals surface area contributed by atoms with Crippen molar-refractivity contribution in [3.8, 4) is 10.7 Å². The minimum atomic E-state index is 0.253. The summed E-state index contributed by atoms with van der Waals surface area (Å²) in [7, 11) is 0. The van der Waals surface area contributed by atoms with Crippen LogP contribution >= 0.6 is 22.7 Å². The van der Waals surface area contributed by atoms with Crippen molar-refractivity contribution >= 4 is 43.1 Å². The van der Waals surface area contributed by atoms with Gasteiger partial charge in [0.05, 0.1) is 26.1 Å². The van der Waals surface area contributed by atoms with E-state index in [1.807, 2.05) is 30.4 Å². The fourth-order valence-corrected chi connectivity index (χ4v) is 4.51. The minimum absolute atomic E-state index is 0.253. The Kier molecular flexibility index (Phi) is 4.29. The largest absolute Gasteiger partial charge is 0.405 e.